The molecule has 4 heteroatoms. The van der Waals surface area contributed by atoms with Crippen LogP contribution in [0.4, 0.5) is 0 Å². The molecule has 4 nitrogen and oxygen atoms in total. The van der Waals surface area contributed by atoms with E-state index in [9.17, 15) is 15.0 Å². The lowest BCUT2D eigenvalue weighted by molar-refractivity contribution is -0.130. The van der Waals surface area contributed by atoms with Crippen molar-refractivity contribution in [1.82, 2.24) is 5.32 Å². The Morgan fingerprint density at radius 1 is 1.09 bits per heavy atom. The van der Waals surface area contributed by atoms with Crippen molar-refractivity contribution in [2.45, 2.75) is 38.3 Å². The molecule has 0 radical (unpaired) electrons. The van der Waals surface area contributed by atoms with Gasteiger partial charge in [0.1, 0.15) is 5.75 Å². The van der Waals surface area contributed by atoms with Gasteiger partial charge in [-0.2, -0.15) is 0 Å². The molecule has 0 unspecified atom stereocenters. The molecule has 0 saturated heterocycles. The van der Waals surface area contributed by atoms with Gasteiger partial charge in [-0.05, 0) is 42.5 Å². The van der Waals surface area contributed by atoms with E-state index in [-0.39, 0.29) is 17.7 Å². The monoisotopic (exact) mass is 313 g/mol. The minimum absolute atomic E-state index is 0.00895. The number of carbonyl (C=O) groups is 1. The second-order valence-electron chi connectivity index (χ2n) is 5.63. The first-order valence-corrected chi connectivity index (χ1v) is 7.91. The van der Waals surface area contributed by atoms with E-state index >= 15 is 0 Å². The molecule has 0 bridgehead atoms. The van der Waals surface area contributed by atoms with Gasteiger partial charge in [-0.15, -0.1) is 0 Å². The van der Waals surface area contributed by atoms with Gasteiger partial charge >= 0.3 is 0 Å². The van der Waals surface area contributed by atoms with E-state index in [1.807, 2.05) is 25.1 Å². The summed E-state index contributed by atoms with van der Waals surface area (Å²) in [6.45, 7) is 2.01. The summed E-state index contributed by atoms with van der Waals surface area (Å²) >= 11 is 0. The van der Waals surface area contributed by atoms with Gasteiger partial charge in [0.15, 0.2) is 6.10 Å². The first-order chi connectivity index (χ1) is 11.1. The number of phenolic OH excluding ortho intramolecular Hbond substituents is 1. The van der Waals surface area contributed by atoms with Crippen molar-refractivity contribution in [3.8, 4) is 5.75 Å². The maximum Gasteiger partial charge on any atom is 0.253 e. The van der Waals surface area contributed by atoms with Gasteiger partial charge < -0.3 is 15.5 Å². The van der Waals surface area contributed by atoms with Crippen LogP contribution >= 0.6 is 0 Å². The number of aliphatic hydroxyl groups excluding tert-OH is 1. The molecule has 0 aliphatic rings. The number of phenols is 1. The molecule has 0 aliphatic carbocycles. The second kappa shape index (κ2) is 8.34. The van der Waals surface area contributed by atoms with Crippen LogP contribution in [-0.2, 0) is 11.2 Å². The number of nitrogens with one attached hydrogen (secondary N) is 1. The molecule has 2 atom stereocenters. The van der Waals surface area contributed by atoms with E-state index in [0.29, 0.717) is 5.56 Å². The standard InChI is InChI=1S/C19H23NO3/c1-2-16(11-8-14-9-12-17(21)13-10-14)20-19(23)18(22)15-6-4-3-5-7-15/h3-7,9-10,12-13,16,18,21-22H,2,8,11H2,1H3,(H,20,23)/t16-,18+/m1/s1. The summed E-state index contributed by atoms with van der Waals surface area (Å²) < 4.78 is 0. The molecule has 0 saturated carbocycles. The molecule has 0 fully saturated rings. The van der Waals surface area contributed by atoms with Crippen molar-refractivity contribution in [2.75, 3.05) is 0 Å². The molecule has 122 valence electrons. The first kappa shape index (κ1) is 17.0. The molecule has 2 rings (SSSR count). The number of carbonyl (C=O) groups excluding carboxylic acids is 1. The summed E-state index contributed by atoms with van der Waals surface area (Å²) in [5.41, 5.74) is 1.71. The number of rotatable bonds is 7. The SMILES string of the molecule is CC[C@H](CCc1ccc(O)cc1)NC(=O)[C@@H](O)c1ccccc1. The number of hydrogen-bond acceptors (Lipinski definition) is 3. The van der Waals surface area contributed by atoms with Crippen molar-refractivity contribution < 1.29 is 15.0 Å². The zero-order valence-electron chi connectivity index (χ0n) is 13.3. The van der Waals surface area contributed by atoms with E-state index < -0.39 is 6.10 Å². The van der Waals surface area contributed by atoms with Crippen molar-refractivity contribution in [2.24, 2.45) is 0 Å². The fourth-order valence-corrected chi connectivity index (χ4v) is 2.45. The van der Waals surface area contributed by atoms with Crippen LogP contribution in [-0.4, -0.2) is 22.2 Å². The van der Waals surface area contributed by atoms with Gasteiger partial charge in [0.25, 0.3) is 5.91 Å². The summed E-state index contributed by atoms with van der Waals surface area (Å²) in [4.78, 5) is 12.2. The minimum Gasteiger partial charge on any atom is -0.508 e. The number of benzene rings is 2. The molecule has 0 heterocycles. The lowest BCUT2D eigenvalue weighted by Crippen LogP contribution is -2.38. The molecule has 1 amide bonds. The quantitative estimate of drug-likeness (QED) is 0.736. The summed E-state index contributed by atoms with van der Waals surface area (Å²) in [5.74, 6) is -0.117. The zero-order valence-corrected chi connectivity index (χ0v) is 13.3. The largest absolute Gasteiger partial charge is 0.508 e. The molecular formula is C19H23NO3. The minimum atomic E-state index is -1.14. The number of hydrogen-bond donors (Lipinski definition) is 3. The Kier molecular flexibility index (Phi) is 6.18. The third-order valence-corrected chi connectivity index (χ3v) is 3.92. The summed E-state index contributed by atoms with van der Waals surface area (Å²) in [7, 11) is 0. The third-order valence-electron chi connectivity index (χ3n) is 3.92. The van der Waals surface area contributed by atoms with E-state index in [1.165, 1.54) is 0 Å². The van der Waals surface area contributed by atoms with Crippen LogP contribution in [0.15, 0.2) is 54.6 Å². The molecule has 0 aliphatic heterocycles. The van der Waals surface area contributed by atoms with Crippen molar-refractivity contribution in [1.29, 1.82) is 0 Å². The average molecular weight is 313 g/mol. The lowest BCUT2D eigenvalue weighted by Gasteiger charge is -2.19. The smallest absolute Gasteiger partial charge is 0.253 e. The fourth-order valence-electron chi connectivity index (χ4n) is 2.45. The van der Waals surface area contributed by atoms with Gasteiger partial charge in [-0.1, -0.05) is 49.4 Å². The molecule has 2 aromatic rings. The van der Waals surface area contributed by atoms with Crippen LogP contribution in [0.25, 0.3) is 0 Å². The summed E-state index contributed by atoms with van der Waals surface area (Å²) in [6, 6.07) is 16.0. The number of aromatic hydroxyl groups is 1. The normalized spacial score (nSPS) is 13.3. The van der Waals surface area contributed by atoms with Crippen LogP contribution in [0.3, 0.4) is 0 Å². The Bertz CT molecular complexity index is 610. The predicted octanol–water partition coefficient (Wildman–Crippen LogP) is 2.95. The third kappa shape index (κ3) is 5.11. The van der Waals surface area contributed by atoms with Gasteiger partial charge in [0, 0.05) is 6.04 Å². The van der Waals surface area contributed by atoms with Crippen LogP contribution in [0.5, 0.6) is 5.75 Å². The Morgan fingerprint density at radius 2 is 1.74 bits per heavy atom. The van der Waals surface area contributed by atoms with Gasteiger partial charge in [-0.3, -0.25) is 4.79 Å². The Hall–Kier alpha value is -2.33. The van der Waals surface area contributed by atoms with Gasteiger partial charge in [-0.25, -0.2) is 0 Å². The van der Waals surface area contributed by atoms with Gasteiger partial charge in [0.05, 0.1) is 0 Å². The zero-order chi connectivity index (χ0) is 16.7. The van der Waals surface area contributed by atoms with Crippen molar-refractivity contribution >= 4 is 5.91 Å². The highest BCUT2D eigenvalue weighted by Crippen LogP contribution is 2.15. The molecular weight excluding hydrogens is 290 g/mol. The average Bonchev–Trinajstić information content (AvgIpc) is 2.59. The Balaban J connectivity index is 1.88. The Morgan fingerprint density at radius 3 is 2.35 bits per heavy atom. The molecule has 3 N–H and O–H groups in total. The maximum atomic E-state index is 12.2. The maximum absolute atomic E-state index is 12.2. The highest BCUT2D eigenvalue weighted by molar-refractivity contribution is 5.82. The first-order valence-electron chi connectivity index (χ1n) is 7.91. The van der Waals surface area contributed by atoms with E-state index in [0.717, 1.165) is 24.8 Å². The fraction of sp³-hybridized carbons (Fsp3) is 0.316. The summed E-state index contributed by atoms with van der Waals surface area (Å²) in [5, 5.41) is 22.3. The topological polar surface area (TPSA) is 69.6 Å². The molecule has 0 spiro atoms. The van der Waals surface area contributed by atoms with Crippen LogP contribution in [0.1, 0.15) is 37.0 Å². The van der Waals surface area contributed by atoms with Crippen LogP contribution in [0.2, 0.25) is 0 Å². The lowest BCUT2D eigenvalue weighted by atomic mass is 10.0. The van der Waals surface area contributed by atoms with Crippen LogP contribution < -0.4 is 5.32 Å². The summed E-state index contributed by atoms with van der Waals surface area (Å²) in [6.07, 6.45) is 1.25. The highest BCUT2D eigenvalue weighted by atomic mass is 16.3. The second-order valence-corrected chi connectivity index (χ2v) is 5.63. The number of aryl methyl sites for hydroxylation is 1. The molecule has 0 aromatic heterocycles. The van der Waals surface area contributed by atoms with Crippen molar-refractivity contribution in [3.63, 3.8) is 0 Å². The molecule has 2 aromatic carbocycles. The van der Waals surface area contributed by atoms with E-state index in [4.69, 9.17) is 0 Å². The van der Waals surface area contributed by atoms with E-state index in [1.54, 1.807) is 36.4 Å². The van der Waals surface area contributed by atoms with E-state index in [2.05, 4.69) is 5.32 Å². The Labute approximate surface area is 136 Å². The number of amides is 1. The van der Waals surface area contributed by atoms with Crippen molar-refractivity contribution in [3.05, 3.63) is 65.7 Å². The number of aliphatic hydroxyl groups is 1. The predicted molar refractivity (Wildman–Crippen MR) is 90.1 cm³/mol. The molecule has 23 heavy (non-hydrogen) atoms. The highest BCUT2D eigenvalue weighted by Gasteiger charge is 2.19. The van der Waals surface area contributed by atoms with Crippen LogP contribution in [0, 0.1) is 0 Å². The van der Waals surface area contributed by atoms with Gasteiger partial charge in [0.2, 0.25) is 0 Å².